The van der Waals surface area contributed by atoms with Crippen LogP contribution in [0.4, 0.5) is 5.69 Å². The molecule has 1 unspecified atom stereocenters. The largest absolute Gasteiger partial charge is 0.312 e. The first-order valence-electron chi connectivity index (χ1n) is 10.9. The number of carbonyl (C=O) groups is 1. The van der Waals surface area contributed by atoms with Crippen molar-refractivity contribution in [1.82, 2.24) is 4.90 Å². The van der Waals surface area contributed by atoms with E-state index in [-0.39, 0.29) is 0 Å². The van der Waals surface area contributed by atoms with Gasteiger partial charge >= 0.3 is 0 Å². The first-order valence-corrected chi connectivity index (χ1v) is 10.9. The Balaban J connectivity index is 1.34. The van der Waals surface area contributed by atoms with Crippen molar-refractivity contribution >= 4 is 11.6 Å². The number of hydrogen-bond acceptors (Lipinski definition) is 2. The number of carbonyl (C=O) groups excluding carboxylic acids is 1. The van der Waals surface area contributed by atoms with Gasteiger partial charge in [-0.3, -0.25) is 4.79 Å². The number of para-hydroxylation sites is 1. The zero-order valence-electron chi connectivity index (χ0n) is 16.2. The molecular formula is C23H34N2O. The van der Waals surface area contributed by atoms with Crippen LogP contribution in [0.3, 0.4) is 0 Å². The molecule has 0 radical (unpaired) electrons. The molecule has 1 saturated carbocycles. The third-order valence-corrected chi connectivity index (χ3v) is 6.93. The van der Waals surface area contributed by atoms with Gasteiger partial charge in [0.1, 0.15) is 0 Å². The van der Waals surface area contributed by atoms with E-state index in [0.717, 1.165) is 44.2 Å². The van der Waals surface area contributed by atoms with Crippen molar-refractivity contribution in [2.24, 2.45) is 11.8 Å². The normalized spacial score (nSPS) is 25.8. The summed E-state index contributed by atoms with van der Waals surface area (Å²) in [7, 11) is 0. The fourth-order valence-corrected chi connectivity index (χ4v) is 5.38. The number of hydrogen-bond donors (Lipinski definition) is 0. The summed E-state index contributed by atoms with van der Waals surface area (Å²) in [4.78, 5) is 17.1. The Morgan fingerprint density at radius 3 is 2.58 bits per heavy atom. The van der Waals surface area contributed by atoms with E-state index in [1.807, 2.05) is 4.90 Å². The van der Waals surface area contributed by atoms with E-state index in [9.17, 15) is 4.79 Å². The van der Waals surface area contributed by atoms with E-state index >= 15 is 0 Å². The van der Waals surface area contributed by atoms with Crippen LogP contribution in [0.1, 0.15) is 63.4 Å². The van der Waals surface area contributed by atoms with Crippen molar-refractivity contribution < 1.29 is 4.79 Å². The molecule has 1 amide bonds. The molecule has 3 fully saturated rings. The lowest BCUT2D eigenvalue weighted by atomic mass is 9.80. The highest BCUT2D eigenvalue weighted by Gasteiger charge is 2.30. The van der Waals surface area contributed by atoms with E-state index in [2.05, 4.69) is 29.2 Å². The topological polar surface area (TPSA) is 23.6 Å². The zero-order chi connectivity index (χ0) is 17.8. The van der Waals surface area contributed by atoms with Crippen molar-refractivity contribution in [3.8, 4) is 0 Å². The van der Waals surface area contributed by atoms with Crippen LogP contribution in [-0.4, -0.2) is 37.0 Å². The van der Waals surface area contributed by atoms with Crippen LogP contribution in [0.5, 0.6) is 0 Å². The van der Waals surface area contributed by atoms with Crippen LogP contribution in [0.25, 0.3) is 0 Å². The Morgan fingerprint density at radius 1 is 0.885 bits per heavy atom. The maximum atomic E-state index is 12.3. The number of anilines is 1. The SMILES string of the molecule is O=C1CCCCN1c1ccccc1CCN1CCC(C2CCCCC2)C1. The smallest absolute Gasteiger partial charge is 0.226 e. The minimum Gasteiger partial charge on any atom is -0.312 e. The standard InChI is InChI=1S/C23H34N2O/c26-23-12-6-7-15-25(23)22-11-5-4-10-20(22)13-16-24-17-14-21(18-24)19-8-2-1-3-9-19/h4-5,10-11,19,21H,1-3,6-9,12-18H2. The molecule has 3 nitrogen and oxygen atoms in total. The monoisotopic (exact) mass is 354 g/mol. The Morgan fingerprint density at radius 2 is 1.73 bits per heavy atom. The fourth-order valence-electron chi connectivity index (χ4n) is 5.38. The Hall–Kier alpha value is -1.35. The van der Waals surface area contributed by atoms with Crippen LogP contribution in [0.2, 0.25) is 0 Å². The third-order valence-electron chi connectivity index (χ3n) is 6.93. The zero-order valence-corrected chi connectivity index (χ0v) is 16.2. The number of amides is 1. The van der Waals surface area contributed by atoms with Crippen molar-refractivity contribution in [2.75, 3.05) is 31.1 Å². The van der Waals surface area contributed by atoms with E-state index in [1.165, 1.54) is 62.9 Å². The second-order valence-electron chi connectivity index (χ2n) is 8.63. The maximum Gasteiger partial charge on any atom is 0.226 e. The molecule has 4 rings (SSSR count). The molecule has 1 aliphatic carbocycles. The second-order valence-corrected chi connectivity index (χ2v) is 8.63. The van der Waals surface area contributed by atoms with Crippen molar-refractivity contribution in [2.45, 2.75) is 64.2 Å². The molecule has 2 saturated heterocycles. The molecule has 1 atom stereocenters. The Labute approximate surface area is 158 Å². The highest BCUT2D eigenvalue weighted by Crippen LogP contribution is 2.35. The highest BCUT2D eigenvalue weighted by atomic mass is 16.2. The summed E-state index contributed by atoms with van der Waals surface area (Å²) in [5.74, 6) is 2.24. The van der Waals surface area contributed by atoms with Crippen molar-refractivity contribution in [1.29, 1.82) is 0 Å². The molecule has 26 heavy (non-hydrogen) atoms. The number of piperidine rings is 1. The maximum absolute atomic E-state index is 12.3. The minimum absolute atomic E-state index is 0.308. The summed E-state index contributed by atoms with van der Waals surface area (Å²) in [5, 5.41) is 0. The average molecular weight is 355 g/mol. The van der Waals surface area contributed by atoms with E-state index in [1.54, 1.807) is 0 Å². The van der Waals surface area contributed by atoms with Gasteiger partial charge in [0.15, 0.2) is 0 Å². The number of likely N-dealkylation sites (tertiary alicyclic amines) is 1. The number of rotatable bonds is 5. The van der Waals surface area contributed by atoms with Gasteiger partial charge in [-0.1, -0.05) is 50.3 Å². The molecule has 1 aromatic carbocycles. The van der Waals surface area contributed by atoms with Crippen molar-refractivity contribution in [3.05, 3.63) is 29.8 Å². The molecule has 2 aliphatic heterocycles. The lowest BCUT2D eigenvalue weighted by molar-refractivity contribution is -0.119. The summed E-state index contributed by atoms with van der Waals surface area (Å²) in [6.45, 7) is 4.60. The molecule has 0 bridgehead atoms. The summed E-state index contributed by atoms with van der Waals surface area (Å²) in [6, 6.07) is 8.58. The molecule has 1 aromatic rings. The Bertz CT molecular complexity index is 608. The molecule has 142 valence electrons. The number of nitrogens with zero attached hydrogens (tertiary/aromatic N) is 2. The lowest BCUT2D eigenvalue weighted by Gasteiger charge is -2.29. The highest BCUT2D eigenvalue weighted by molar-refractivity contribution is 5.94. The fraction of sp³-hybridized carbons (Fsp3) is 0.696. The van der Waals surface area contributed by atoms with Crippen LogP contribution in [0.15, 0.2) is 24.3 Å². The average Bonchev–Trinajstić information content (AvgIpc) is 3.17. The summed E-state index contributed by atoms with van der Waals surface area (Å²) in [6.07, 6.45) is 12.7. The minimum atomic E-state index is 0.308. The quantitative estimate of drug-likeness (QED) is 0.768. The van der Waals surface area contributed by atoms with Crippen LogP contribution >= 0.6 is 0 Å². The summed E-state index contributed by atoms with van der Waals surface area (Å²) >= 11 is 0. The van der Waals surface area contributed by atoms with Crippen molar-refractivity contribution in [3.63, 3.8) is 0 Å². The molecule has 0 spiro atoms. The second kappa shape index (κ2) is 8.56. The molecule has 3 aliphatic rings. The van der Waals surface area contributed by atoms with E-state index in [0.29, 0.717) is 12.3 Å². The van der Waals surface area contributed by atoms with Gasteiger partial charge in [-0.2, -0.15) is 0 Å². The van der Waals surface area contributed by atoms with Crippen LogP contribution in [0, 0.1) is 11.8 Å². The van der Waals surface area contributed by atoms with Gasteiger partial charge in [-0.05, 0) is 55.7 Å². The number of benzene rings is 1. The summed E-state index contributed by atoms with van der Waals surface area (Å²) in [5.41, 5.74) is 2.52. The van der Waals surface area contributed by atoms with Gasteiger partial charge in [-0.25, -0.2) is 0 Å². The van der Waals surface area contributed by atoms with Gasteiger partial charge in [0.2, 0.25) is 5.91 Å². The van der Waals surface area contributed by atoms with Gasteiger partial charge in [0.05, 0.1) is 0 Å². The van der Waals surface area contributed by atoms with Crippen LogP contribution < -0.4 is 4.90 Å². The molecule has 2 heterocycles. The van der Waals surface area contributed by atoms with Gasteiger partial charge in [-0.15, -0.1) is 0 Å². The third kappa shape index (κ3) is 4.14. The lowest BCUT2D eigenvalue weighted by Crippen LogP contribution is -2.36. The van der Waals surface area contributed by atoms with Gasteiger partial charge < -0.3 is 9.80 Å². The molecule has 0 aromatic heterocycles. The molecular weight excluding hydrogens is 320 g/mol. The summed E-state index contributed by atoms with van der Waals surface area (Å²) < 4.78 is 0. The van der Waals surface area contributed by atoms with E-state index < -0.39 is 0 Å². The van der Waals surface area contributed by atoms with Crippen LogP contribution in [-0.2, 0) is 11.2 Å². The molecule has 3 heteroatoms. The molecule has 0 N–H and O–H groups in total. The first kappa shape index (κ1) is 18.0. The first-order chi connectivity index (χ1) is 12.8. The van der Waals surface area contributed by atoms with Gasteiger partial charge in [0.25, 0.3) is 0 Å². The predicted molar refractivity (Wildman–Crippen MR) is 107 cm³/mol. The van der Waals surface area contributed by atoms with Gasteiger partial charge in [0, 0.05) is 31.7 Å². The predicted octanol–water partition coefficient (Wildman–Crippen LogP) is 4.65. The van der Waals surface area contributed by atoms with E-state index in [4.69, 9.17) is 0 Å². The Kier molecular flexibility index (Phi) is 5.94.